The Bertz CT molecular complexity index is 667. The molecular weight excluding hydrogens is 329 g/mol. The van der Waals surface area contributed by atoms with Gasteiger partial charge < -0.3 is 5.32 Å². The molecule has 108 valence electrons. The van der Waals surface area contributed by atoms with E-state index in [-0.39, 0.29) is 12.3 Å². The number of carbonyl (C=O) groups excluding carboxylic acids is 1. The number of nitrogens with one attached hydrogen (secondary N) is 1. The highest BCUT2D eigenvalue weighted by atomic mass is 35.5. The molecule has 0 aliphatic carbocycles. The monoisotopic (exact) mass is 339 g/mol. The van der Waals surface area contributed by atoms with E-state index in [1.165, 1.54) is 11.3 Å². The Balaban J connectivity index is 1.96. The van der Waals surface area contributed by atoms with E-state index in [9.17, 15) is 10.1 Å². The van der Waals surface area contributed by atoms with Crippen LogP contribution in [0.4, 0.5) is 0 Å². The maximum Gasteiger partial charge on any atom is 0.221 e. The van der Waals surface area contributed by atoms with Gasteiger partial charge in [-0.1, -0.05) is 29.3 Å². The standard InChI is InChI=1S/C14H11Cl2N3OS/c15-11-3-1-9(5-12(11)16)13(6-17)19-14(20)4-2-10-7-21-8-18-10/h1,3,5,7-8,13H,2,4H2,(H,19,20)/t13-/m0/s1. The Kier molecular flexibility index (Phi) is 5.57. The zero-order chi connectivity index (χ0) is 15.2. The fraction of sp³-hybridized carbons (Fsp3) is 0.214. The van der Waals surface area contributed by atoms with Crippen molar-refractivity contribution in [2.24, 2.45) is 0 Å². The first-order valence-corrected chi connectivity index (χ1v) is 7.81. The van der Waals surface area contributed by atoms with E-state index in [4.69, 9.17) is 23.2 Å². The molecule has 0 spiro atoms. The summed E-state index contributed by atoms with van der Waals surface area (Å²) in [7, 11) is 0. The van der Waals surface area contributed by atoms with E-state index in [0.717, 1.165) is 5.69 Å². The van der Waals surface area contributed by atoms with E-state index < -0.39 is 6.04 Å². The topological polar surface area (TPSA) is 65.8 Å². The number of aromatic nitrogens is 1. The number of aryl methyl sites for hydroxylation is 1. The van der Waals surface area contributed by atoms with Crippen molar-refractivity contribution < 1.29 is 4.79 Å². The molecule has 0 bridgehead atoms. The Labute approximate surface area is 136 Å². The lowest BCUT2D eigenvalue weighted by Crippen LogP contribution is -2.27. The summed E-state index contributed by atoms with van der Waals surface area (Å²) in [6, 6.07) is 6.15. The van der Waals surface area contributed by atoms with Gasteiger partial charge in [0.05, 0.1) is 27.3 Å². The summed E-state index contributed by atoms with van der Waals surface area (Å²) in [6.45, 7) is 0. The Morgan fingerprint density at radius 2 is 2.24 bits per heavy atom. The van der Waals surface area contributed by atoms with Crippen molar-refractivity contribution in [3.63, 3.8) is 0 Å². The minimum absolute atomic E-state index is 0.208. The average Bonchev–Trinajstić information content (AvgIpc) is 2.99. The highest BCUT2D eigenvalue weighted by Crippen LogP contribution is 2.25. The highest BCUT2D eigenvalue weighted by Gasteiger charge is 2.15. The molecule has 0 saturated heterocycles. The predicted molar refractivity (Wildman–Crippen MR) is 83.4 cm³/mol. The van der Waals surface area contributed by atoms with Gasteiger partial charge in [0, 0.05) is 11.8 Å². The van der Waals surface area contributed by atoms with Gasteiger partial charge in [-0.3, -0.25) is 4.79 Å². The summed E-state index contributed by atoms with van der Waals surface area (Å²) in [6.07, 6.45) is 0.831. The summed E-state index contributed by atoms with van der Waals surface area (Å²) < 4.78 is 0. The van der Waals surface area contributed by atoms with Crippen LogP contribution < -0.4 is 5.32 Å². The summed E-state index contributed by atoms with van der Waals surface area (Å²) >= 11 is 13.2. The first-order valence-electron chi connectivity index (χ1n) is 6.11. The Morgan fingerprint density at radius 3 is 2.86 bits per heavy atom. The molecule has 2 aromatic rings. The number of nitrogens with zero attached hydrogens (tertiary/aromatic N) is 2. The van der Waals surface area contributed by atoms with Crippen LogP contribution in [0, 0.1) is 11.3 Å². The predicted octanol–water partition coefficient (Wildman–Crippen LogP) is 3.76. The SMILES string of the molecule is N#C[C@H](NC(=O)CCc1cscn1)c1ccc(Cl)c(Cl)c1. The largest absolute Gasteiger partial charge is 0.337 e. The number of amides is 1. The summed E-state index contributed by atoms with van der Waals surface area (Å²) in [5.74, 6) is -0.208. The normalized spacial score (nSPS) is 11.7. The number of carbonyl (C=O) groups is 1. The second-order valence-electron chi connectivity index (χ2n) is 4.28. The van der Waals surface area contributed by atoms with E-state index in [1.807, 2.05) is 11.4 Å². The lowest BCUT2D eigenvalue weighted by atomic mass is 10.1. The molecule has 0 unspecified atom stereocenters. The van der Waals surface area contributed by atoms with Crippen LogP contribution in [0.5, 0.6) is 0 Å². The average molecular weight is 340 g/mol. The maximum atomic E-state index is 11.9. The van der Waals surface area contributed by atoms with E-state index >= 15 is 0 Å². The van der Waals surface area contributed by atoms with Crippen LogP contribution in [0.15, 0.2) is 29.1 Å². The zero-order valence-corrected chi connectivity index (χ0v) is 13.2. The molecule has 7 heteroatoms. The fourth-order valence-electron chi connectivity index (χ4n) is 1.72. The van der Waals surface area contributed by atoms with Crippen molar-refractivity contribution in [3.8, 4) is 6.07 Å². The van der Waals surface area contributed by atoms with Gasteiger partial charge in [0.1, 0.15) is 6.04 Å². The molecule has 0 radical (unpaired) electrons. The molecule has 1 aromatic carbocycles. The molecule has 21 heavy (non-hydrogen) atoms. The van der Waals surface area contributed by atoms with Crippen LogP contribution in [0.2, 0.25) is 10.0 Å². The van der Waals surface area contributed by atoms with Crippen LogP contribution in [-0.2, 0) is 11.2 Å². The van der Waals surface area contributed by atoms with Gasteiger partial charge >= 0.3 is 0 Å². The van der Waals surface area contributed by atoms with Gasteiger partial charge in [-0.25, -0.2) is 4.98 Å². The molecule has 0 aliphatic heterocycles. The van der Waals surface area contributed by atoms with Crippen LogP contribution in [0.1, 0.15) is 23.7 Å². The molecule has 1 atom stereocenters. The summed E-state index contributed by atoms with van der Waals surface area (Å²) in [5, 5.41) is 14.5. The maximum absolute atomic E-state index is 11.9. The van der Waals surface area contributed by atoms with Crippen LogP contribution in [0.3, 0.4) is 0 Å². The number of halogens is 2. The van der Waals surface area contributed by atoms with E-state index in [1.54, 1.807) is 23.7 Å². The minimum Gasteiger partial charge on any atom is -0.337 e. The molecular formula is C14H11Cl2N3OS. The summed E-state index contributed by atoms with van der Waals surface area (Å²) in [4.78, 5) is 16.0. The van der Waals surface area contributed by atoms with Crippen molar-refractivity contribution >= 4 is 40.4 Å². The number of rotatable bonds is 5. The lowest BCUT2D eigenvalue weighted by Gasteiger charge is -2.12. The van der Waals surface area contributed by atoms with E-state index in [0.29, 0.717) is 22.0 Å². The Morgan fingerprint density at radius 1 is 1.43 bits per heavy atom. The zero-order valence-electron chi connectivity index (χ0n) is 10.8. The van der Waals surface area contributed by atoms with Crippen molar-refractivity contribution in [1.82, 2.24) is 10.3 Å². The third kappa shape index (κ3) is 4.43. The molecule has 0 aliphatic rings. The third-order valence-corrected chi connectivity index (χ3v) is 4.18. The Hall–Kier alpha value is -1.61. The van der Waals surface area contributed by atoms with Gasteiger partial charge in [-0.05, 0) is 24.1 Å². The molecule has 1 aromatic heterocycles. The fourth-order valence-corrected chi connectivity index (χ4v) is 2.62. The molecule has 0 fully saturated rings. The molecule has 4 nitrogen and oxygen atoms in total. The smallest absolute Gasteiger partial charge is 0.221 e. The number of benzene rings is 1. The van der Waals surface area contributed by atoms with Gasteiger partial charge in [-0.15, -0.1) is 11.3 Å². The molecule has 1 heterocycles. The van der Waals surface area contributed by atoms with Gasteiger partial charge in [-0.2, -0.15) is 5.26 Å². The van der Waals surface area contributed by atoms with Crippen molar-refractivity contribution in [2.45, 2.75) is 18.9 Å². The molecule has 1 amide bonds. The number of hydrogen-bond acceptors (Lipinski definition) is 4. The first kappa shape index (κ1) is 15.8. The van der Waals surface area contributed by atoms with Crippen molar-refractivity contribution in [1.29, 1.82) is 5.26 Å². The number of nitriles is 1. The molecule has 0 saturated carbocycles. The highest BCUT2D eigenvalue weighted by molar-refractivity contribution is 7.07. The van der Waals surface area contributed by atoms with Crippen LogP contribution in [-0.4, -0.2) is 10.9 Å². The third-order valence-electron chi connectivity index (χ3n) is 2.80. The van der Waals surface area contributed by atoms with Gasteiger partial charge in [0.15, 0.2) is 0 Å². The first-order chi connectivity index (χ1) is 10.1. The van der Waals surface area contributed by atoms with Gasteiger partial charge in [0.25, 0.3) is 0 Å². The quantitative estimate of drug-likeness (QED) is 0.901. The van der Waals surface area contributed by atoms with Crippen molar-refractivity contribution in [2.75, 3.05) is 0 Å². The lowest BCUT2D eigenvalue weighted by molar-refractivity contribution is -0.121. The van der Waals surface area contributed by atoms with Crippen LogP contribution >= 0.6 is 34.5 Å². The second kappa shape index (κ2) is 7.41. The molecule has 1 N–H and O–H groups in total. The van der Waals surface area contributed by atoms with E-state index in [2.05, 4.69) is 10.3 Å². The molecule has 2 rings (SSSR count). The van der Waals surface area contributed by atoms with Crippen LogP contribution in [0.25, 0.3) is 0 Å². The second-order valence-corrected chi connectivity index (χ2v) is 5.82. The number of hydrogen-bond donors (Lipinski definition) is 1. The minimum atomic E-state index is -0.747. The summed E-state index contributed by atoms with van der Waals surface area (Å²) in [5.41, 5.74) is 3.20. The number of thiazole rings is 1. The van der Waals surface area contributed by atoms with Gasteiger partial charge in [0.2, 0.25) is 5.91 Å². The van der Waals surface area contributed by atoms with Crippen molar-refractivity contribution in [3.05, 3.63) is 50.4 Å².